The second kappa shape index (κ2) is 5.19. The normalized spacial score (nSPS) is 10.8. The second-order valence-electron chi connectivity index (χ2n) is 4.79. The zero-order valence-corrected chi connectivity index (χ0v) is 12.1. The molecule has 2 aromatic carbocycles. The first kappa shape index (κ1) is 13.6. The average Bonchev–Trinajstić information content (AvgIpc) is 2.51. The third-order valence-electron chi connectivity index (χ3n) is 3.43. The molecule has 1 aromatic heterocycles. The molecule has 0 aliphatic rings. The molecule has 0 saturated heterocycles. The van der Waals surface area contributed by atoms with E-state index in [1.807, 2.05) is 6.07 Å². The highest BCUT2D eigenvalue weighted by Gasteiger charge is 2.19. The summed E-state index contributed by atoms with van der Waals surface area (Å²) >= 11 is 5.96. The molecule has 0 bridgehead atoms. The molecule has 3 rings (SSSR count). The van der Waals surface area contributed by atoms with Crippen LogP contribution in [0.15, 0.2) is 48.5 Å². The molecule has 0 saturated carbocycles. The van der Waals surface area contributed by atoms with E-state index in [0.29, 0.717) is 21.7 Å². The Labute approximate surface area is 126 Å². The summed E-state index contributed by atoms with van der Waals surface area (Å²) in [5.74, 6) is -0.397. The van der Waals surface area contributed by atoms with Gasteiger partial charge in [-0.25, -0.2) is 4.98 Å². The highest BCUT2D eigenvalue weighted by Crippen LogP contribution is 2.31. The van der Waals surface area contributed by atoms with Gasteiger partial charge in [-0.15, -0.1) is 0 Å². The smallest absolute Gasteiger partial charge is 0.215 e. The number of hydrogen-bond acceptors (Lipinski definition) is 3. The van der Waals surface area contributed by atoms with Gasteiger partial charge in [0.15, 0.2) is 5.69 Å². The first-order valence-corrected chi connectivity index (χ1v) is 6.84. The number of rotatable bonds is 2. The summed E-state index contributed by atoms with van der Waals surface area (Å²) in [6, 6.07) is 14.0. The summed E-state index contributed by atoms with van der Waals surface area (Å²) in [7, 11) is 0. The summed E-state index contributed by atoms with van der Waals surface area (Å²) < 4.78 is 0. The number of ketones is 1. The first-order chi connectivity index (χ1) is 10.1. The van der Waals surface area contributed by atoms with Crippen molar-refractivity contribution in [2.45, 2.75) is 6.92 Å². The molecule has 21 heavy (non-hydrogen) atoms. The fourth-order valence-electron chi connectivity index (χ4n) is 2.27. The number of aryl methyl sites for hydroxylation is 1. The average molecular weight is 298 g/mol. The summed E-state index contributed by atoms with van der Waals surface area (Å²) in [5, 5.41) is 11.6. The lowest BCUT2D eigenvalue weighted by atomic mass is 10.0. The van der Waals surface area contributed by atoms with Crippen molar-refractivity contribution in [2.24, 2.45) is 0 Å². The van der Waals surface area contributed by atoms with Gasteiger partial charge in [-0.1, -0.05) is 41.9 Å². The van der Waals surface area contributed by atoms with E-state index in [1.165, 1.54) is 0 Å². The molecule has 0 amide bonds. The highest BCUT2D eigenvalue weighted by molar-refractivity contribution is 6.31. The molecule has 3 aromatic rings. The van der Waals surface area contributed by atoms with Crippen LogP contribution in [0.3, 0.4) is 0 Å². The minimum Gasteiger partial charge on any atom is -0.505 e. The zero-order valence-electron chi connectivity index (χ0n) is 11.3. The van der Waals surface area contributed by atoms with Crippen LogP contribution in [0.2, 0.25) is 5.02 Å². The van der Waals surface area contributed by atoms with Gasteiger partial charge in [0.25, 0.3) is 0 Å². The number of aromatic nitrogens is 1. The van der Waals surface area contributed by atoms with Gasteiger partial charge >= 0.3 is 0 Å². The predicted molar refractivity (Wildman–Crippen MR) is 83.0 cm³/mol. The second-order valence-corrected chi connectivity index (χ2v) is 5.23. The van der Waals surface area contributed by atoms with Crippen LogP contribution in [0.4, 0.5) is 0 Å². The monoisotopic (exact) mass is 297 g/mol. The minimum atomic E-state index is -0.298. The van der Waals surface area contributed by atoms with Gasteiger partial charge in [0, 0.05) is 21.5 Å². The Morgan fingerprint density at radius 2 is 1.86 bits per heavy atom. The number of nitrogens with zero attached hydrogens (tertiary/aromatic N) is 1. The third-order valence-corrected chi connectivity index (χ3v) is 3.66. The fraction of sp³-hybridized carbons (Fsp3) is 0.0588. The van der Waals surface area contributed by atoms with E-state index >= 15 is 0 Å². The summed E-state index contributed by atoms with van der Waals surface area (Å²) in [6.07, 6.45) is 0. The molecule has 0 radical (unpaired) electrons. The van der Waals surface area contributed by atoms with Gasteiger partial charge in [0.2, 0.25) is 5.78 Å². The molecule has 0 aliphatic carbocycles. The molecule has 0 unspecified atom stereocenters. The molecule has 0 spiro atoms. The lowest BCUT2D eigenvalue weighted by molar-refractivity contribution is 0.103. The number of fused-ring (bicyclic) bond motifs is 1. The number of carbonyl (C=O) groups is 1. The van der Waals surface area contributed by atoms with Gasteiger partial charge in [-0.3, -0.25) is 4.79 Å². The molecular formula is C17H12ClNO2. The minimum absolute atomic E-state index is 0.0634. The Bertz CT molecular complexity index is 844. The van der Waals surface area contributed by atoms with E-state index in [9.17, 15) is 9.90 Å². The number of hydrogen-bond donors (Lipinski definition) is 1. The number of halogens is 1. The number of pyridine rings is 1. The Morgan fingerprint density at radius 3 is 2.57 bits per heavy atom. The van der Waals surface area contributed by atoms with Gasteiger partial charge < -0.3 is 5.11 Å². The number of carbonyl (C=O) groups excluding carboxylic acids is 1. The standard InChI is InChI=1S/C17H12ClNO2/c1-10-13-9-12(18)7-8-14(13)19-15(16(10)20)17(21)11-5-3-2-4-6-11/h2-9,20H,1H3. The lowest BCUT2D eigenvalue weighted by Gasteiger charge is -2.09. The maximum atomic E-state index is 12.5. The van der Waals surface area contributed by atoms with Crippen LogP contribution < -0.4 is 0 Å². The molecule has 3 nitrogen and oxygen atoms in total. The third kappa shape index (κ3) is 2.36. The van der Waals surface area contributed by atoms with Crippen LogP contribution >= 0.6 is 11.6 Å². The molecule has 1 heterocycles. The molecule has 0 fully saturated rings. The Balaban J connectivity index is 2.22. The van der Waals surface area contributed by atoms with Crippen molar-refractivity contribution in [3.8, 4) is 5.75 Å². The van der Waals surface area contributed by atoms with Crippen LogP contribution in [-0.2, 0) is 0 Å². The van der Waals surface area contributed by atoms with Crippen LogP contribution in [0.25, 0.3) is 10.9 Å². The van der Waals surface area contributed by atoms with Gasteiger partial charge in [-0.05, 0) is 25.1 Å². The van der Waals surface area contributed by atoms with Gasteiger partial charge in [0.1, 0.15) is 5.75 Å². The lowest BCUT2D eigenvalue weighted by Crippen LogP contribution is -2.06. The molecular weight excluding hydrogens is 286 g/mol. The quantitative estimate of drug-likeness (QED) is 0.723. The fourth-order valence-corrected chi connectivity index (χ4v) is 2.44. The zero-order chi connectivity index (χ0) is 15.0. The van der Waals surface area contributed by atoms with Crippen molar-refractivity contribution in [3.63, 3.8) is 0 Å². The van der Waals surface area contributed by atoms with Crippen molar-refractivity contribution in [2.75, 3.05) is 0 Å². The van der Waals surface area contributed by atoms with Crippen LogP contribution in [0.5, 0.6) is 5.75 Å². The van der Waals surface area contributed by atoms with Crippen molar-refractivity contribution in [1.82, 2.24) is 4.98 Å². The number of aromatic hydroxyl groups is 1. The first-order valence-electron chi connectivity index (χ1n) is 6.46. The Morgan fingerprint density at radius 1 is 1.14 bits per heavy atom. The molecule has 0 atom stereocenters. The van der Waals surface area contributed by atoms with E-state index in [0.717, 1.165) is 5.39 Å². The topological polar surface area (TPSA) is 50.2 Å². The molecule has 1 N–H and O–H groups in total. The maximum Gasteiger partial charge on any atom is 0.215 e. The summed E-state index contributed by atoms with van der Waals surface area (Å²) in [4.78, 5) is 16.8. The predicted octanol–water partition coefficient (Wildman–Crippen LogP) is 4.13. The van der Waals surface area contributed by atoms with E-state index < -0.39 is 0 Å². The Hall–Kier alpha value is -2.39. The van der Waals surface area contributed by atoms with E-state index in [1.54, 1.807) is 49.4 Å². The summed E-state index contributed by atoms with van der Waals surface area (Å²) in [5.41, 5.74) is 1.79. The van der Waals surface area contributed by atoms with Crippen molar-refractivity contribution >= 4 is 28.3 Å². The van der Waals surface area contributed by atoms with E-state index in [4.69, 9.17) is 11.6 Å². The van der Waals surface area contributed by atoms with Crippen LogP contribution in [0.1, 0.15) is 21.6 Å². The van der Waals surface area contributed by atoms with Crippen molar-refractivity contribution < 1.29 is 9.90 Å². The van der Waals surface area contributed by atoms with Crippen LogP contribution in [-0.4, -0.2) is 15.9 Å². The largest absolute Gasteiger partial charge is 0.505 e. The highest BCUT2D eigenvalue weighted by atomic mass is 35.5. The van der Waals surface area contributed by atoms with Crippen molar-refractivity contribution in [3.05, 3.63) is 70.4 Å². The number of benzene rings is 2. The summed E-state index contributed by atoms with van der Waals surface area (Å²) in [6.45, 7) is 1.75. The van der Waals surface area contributed by atoms with Crippen LogP contribution in [0, 0.1) is 6.92 Å². The van der Waals surface area contributed by atoms with Gasteiger partial charge in [-0.2, -0.15) is 0 Å². The SMILES string of the molecule is Cc1c(O)c(C(=O)c2ccccc2)nc2ccc(Cl)cc12. The maximum absolute atomic E-state index is 12.5. The van der Waals surface area contributed by atoms with E-state index in [-0.39, 0.29) is 17.2 Å². The van der Waals surface area contributed by atoms with Gasteiger partial charge in [0.05, 0.1) is 5.52 Å². The molecule has 0 aliphatic heterocycles. The Kier molecular flexibility index (Phi) is 3.35. The van der Waals surface area contributed by atoms with Crippen molar-refractivity contribution in [1.29, 1.82) is 0 Å². The molecule has 104 valence electrons. The van der Waals surface area contributed by atoms with E-state index in [2.05, 4.69) is 4.98 Å². The molecule has 4 heteroatoms.